The summed E-state index contributed by atoms with van der Waals surface area (Å²) in [6.45, 7) is 0. The highest BCUT2D eigenvalue weighted by Gasteiger charge is 2.21. The van der Waals surface area contributed by atoms with Gasteiger partial charge < -0.3 is 18.1 Å². The second-order valence-electron chi connectivity index (χ2n) is 16.7. The minimum atomic E-state index is -4.37. The molecule has 9 aromatic carbocycles. The van der Waals surface area contributed by atoms with Crippen LogP contribution in [0.3, 0.4) is 0 Å². The summed E-state index contributed by atoms with van der Waals surface area (Å²) < 4.78 is 47.5. The van der Waals surface area contributed by atoms with Gasteiger partial charge in [0, 0.05) is 54.5 Å². The Balaban J connectivity index is 0.860. The molecule has 0 amide bonds. The molecule has 4 aromatic heterocycles. The first-order valence-electron chi connectivity index (χ1n) is 21.4. The molecule has 0 aliphatic rings. The Bertz CT molecular complexity index is 4170. The maximum atomic E-state index is 12.1. The number of benzene rings is 9. The number of para-hydroxylation sites is 5. The van der Waals surface area contributed by atoms with Gasteiger partial charge in [-0.25, -0.2) is 0 Å². The number of fused-ring (bicyclic) bond motifs is 12. The molecule has 0 spiro atoms. The SMILES string of the molecule is O=S(=O)(O)c1ccc2c(c1)c1ccccc1n2-c1cccc2c1oc1ccc(CCc3ccc4c(c3)c3ccccc3n4-c3ccc4c(c3)c3ccccc3n4-c3ccccc3)cc12. The minimum Gasteiger partial charge on any atom is -0.454 e. The van der Waals surface area contributed by atoms with Crippen molar-refractivity contribution in [3.05, 3.63) is 205 Å². The van der Waals surface area contributed by atoms with Gasteiger partial charge in [-0.2, -0.15) is 8.42 Å². The zero-order valence-corrected chi connectivity index (χ0v) is 35.1. The molecule has 0 bridgehead atoms. The first-order chi connectivity index (χ1) is 31.4. The quantitative estimate of drug-likeness (QED) is 0.162. The van der Waals surface area contributed by atoms with Gasteiger partial charge in [0.25, 0.3) is 10.1 Å². The molecule has 64 heavy (non-hydrogen) atoms. The molecule has 1 N–H and O–H groups in total. The van der Waals surface area contributed by atoms with E-state index >= 15 is 0 Å². The van der Waals surface area contributed by atoms with Gasteiger partial charge in [0.05, 0.1) is 43.7 Å². The number of hydrogen-bond donors (Lipinski definition) is 1. The first kappa shape index (κ1) is 36.7. The Labute approximate surface area is 367 Å². The van der Waals surface area contributed by atoms with Crippen LogP contribution < -0.4 is 0 Å². The summed E-state index contributed by atoms with van der Waals surface area (Å²) in [6.07, 6.45) is 1.73. The van der Waals surface area contributed by atoms with Gasteiger partial charge in [0.1, 0.15) is 5.58 Å². The molecule has 306 valence electrons. The van der Waals surface area contributed by atoms with Crippen molar-refractivity contribution < 1.29 is 17.4 Å². The van der Waals surface area contributed by atoms with Gasteiger partial charge in [-0.1, -0.05) is 97.1 Å². The van der Waals surface area contributed by atoms with Crippen LogP contribution in [-0.2, 0) is 23.0 Å². The highest BCUT2D eigenvalue weighted by molar-refractivity contribution is 7.85. The molecular weight excluding hydrogens is 811 g/mol. The van der Waals surface area contributed by atoms with Gasteiger partial charge in [0.15, 0.2) is 5.58 Å². The normalized spacial score (nSPS) is 12.4. The average molecular weight is 848 g/mol. The lowest BCUT2D eigenvalue weighted by Gasteiger charge is -2.10. The lowest BCUT2D eigenvalue weighted by Crippen LogP contribution is -1.98. The van der Waals surface area contributed by atoms with Gasteiger partial charge >= 0.3 is 0 Å². The van der Waals surface area contributed by atoms with Crippen LogP contribution >= 0.6 is 0 Å². The minimum absolute atomic E-state index is 0.137. The Hall–Kier alpha value is -7.91. The molecule has 0 fully saturated rings. The van der Waals surface area contributed by atoms with Crippen LogP contribution in [0.5, 0.6) is 0 Å². The summed E-state index contributed by atoms with van der Waals surface area (Å²) in [4.78, 5) is -0.137. The zero-order valence-electron chi connectivity index (χ0n) is 34.3. The lowest BCUT2D eigenvalue weighted by molar-refractivity contribution is 0.483. The molecule has 0 aliphatic carbocycles. The molecular formula is C56H37N3O4S. The molecule has 0 atom stereocenters. The topological polar surface area (TPSA) is 82.3 Å². The van der Waals surface area contributed by atoms with Crippen molar-refractivity contribution in [3.8, 4) is 17.1 Å². The Morgan fingerprint density at radius 2 is 0.891 bits per heavy atom. The number of aryl methyl sites for hydroxylation is 2. The smallest absolute Gasteiger partial charge is 0.294 e. The summed E-state index contributed by atoms with van der Waals surface area (Å²) in [5.41, 5.74) is 13.7. The van der Waals surface area contributed by atoms with Crippen LogP contribution in [0.1, 0.15) is 11.1 Å². The van der Waals surface area contributed by atoms with Crippen LogP contribution in [0, 0.1) is 0 Å². The van der Waals surface area contributed by atoms with Crippen molar-refractivity contribution in [2.45, 2.75) is 17.7 Å². The van der Waals surface area contributed by atoms with E-state index in [1.54, 1.807) is 6.07 Å². The summed E-state index contributed by atoms with van der Waals surface area (Å²) >= 11 is 0. The van der Waals surface area contributed by atoms with E-state index in [0.29, 0.717) is 0 Å². The predicted molar refractivity (Wildman–Crippen MR) is 260 cm³/mol. The average Bonchev–Trinajstić information content (AvgIpc) is 4.07. The van der Waals surface area contributed by atoms with Crippen LogP contribution in [0.2, 0.25) is 0 Å². The maximum absolute atomic E-state index is 12.1. The van der Waals surface area contributed by atoms with E-state index in [4.69, 9.17) is 4.42 Å². The van der Waals surface area contributed by atoms with Crippen molar-refractivity contribution in [2.75, 3.05) is 0 Å². The van der Waals surface area contributed by atoms with Crippen LogP contribution in [0.15, 0.2) is 203 Å². The summed E-state index contributed by atoms with van der Waals surface area (Å²) in [7, 11) is -4.37. The largest absolute Gasteiger partial charge is 0.454 e. The monoisotopic (exact) mass is 847 g/mol. The third-order valence-electron chi connectivity index (χ3n) is 13.1. The van der Waals surface area contributed by atoms with E-state index in [1.165, 1.54) is 66.9 Å². The number of hydrogen-bond acceptors (Lipinski definition) is 3. The van der Waals surface area contributed by atoms with Crippen LogP contribution in [0.4, 0.5) is 0 Å². The van der Waals surface area contributed by atoms with Crippen LogP contribution in [-0.4, -0.2) is 26.7 Å². The molecule has 0 saturated carbocycles. The molecule has 0 unspecified atom stereocenters. The second kappa shape index (κ2) is 13.8. The Kier molecular flexibility index (Phi) is 7.91. The predicted octanol–water partition coefficient (Wildman–Crippen LogP) is 13.9. The van der Waals surface area contributed by atoms with Crippen LogP contribution in [0.25, 0.3) is 104 Å². The van der Waals surface area contributed by atoms with Crippen molar-refractivity contribution in [1.82, 2.24) is 13.7 Å². The number of nitrogens with zero attached hydrogens (tertiary/aromatic N) is 3. The van der Waals surface area contributed by atoms with Gasteiger partial charge in [0.2, 0.25) is 0 Å². The third-order valence-corrected chi connectivity index (χ3v) is 13.9. The van der Waals surface area contributed by atoms with E-state index < -0.39 is 10.1 Å². The highest BCUT2D eigenvalue weighted by Crippen LogP contribution is 2.40. The second-order valence-corrected chi connectivity index (χ2v) is 18.1. The van der Waals surface area contributed by atoms with Crippen molar-refractivity contribution >= 4 is 97.5 Å². The third kappa shape index (κ3) is 5.53. The fourth-order valence-corrected chi connectivity index (χ4v) is 10.7. The van der Waals surface area contributed by atoms with E-state index in [-0.39, 0.29) is 4.90 Å². The molecule has 0 radical (unpaired) electrons. The Morgan fingerprint density at radius 3 is 1.58 bits per heavy atom. The van der Waals surface area contributed by atoms with Gasteiger partial charge in [-0.3, -0.25) is 4.55 Å². The molecule has 13 rings (SSSR count). The fourth-order valence-electron chi connectivity index (χ4n) is 10.2. The summed E-state index contributed by atoms with van der Waals surface area (Å²) in [6, 6.07) is 67.1. The van der Waals surface area contributed by atoms with Crippen molar-refractivity contribution in [3.63, 3.8) is 0 Å². The molecule has 0 saturated heterocycles. The number of furan rings is 1. The van der Waals surface area contributed by atoms with Crippen molar-refractivity contribution in [1.29, 1.82) is 0 Å². The summed E-state index contributed by atoms with van der Waals surface area (Å²) in [5.74, 6) is 0. The maximum Gasteiger partial charge on any atom is 0.294 e. The zero-order chi connectivity index (χ0) is 42.7. The standard InChI is InChI=1S/C56H37N3O4S/c60-64(61,62)39-26-29-53-46(34-39)42-15-6-9-19-50(42)59(53)54-20-10-16-43-47-32-36(24-30-55(47)63-56(43)54)22-21-35-23-27-51-44(31-35)40-13-4-8-18-49(40)58(51)38-25-28-52-45(33-38)41-14-5-7-17-48(41)57(52)37-11-2-1-3-12-37/h1-20,23-34H,21-22H2,(H,60,61,62). The molecule has 0 aliphatic heterocycles. The van der Waals surface area contributed by atoms with Gasteiger partial charge in [-0.05, 0) is 121 Å². The molecule has 7 nitrogen and oxygen atoms in total. The molecule has 8 heteroatoms. The van der Waals surface area contributed by atoms with E-state index in [0.717, 1.165) is 73.6 Å². The van der Waals surface area contributed by atoms with E-state index in [9.17, 15) is 13.0 Å². The van der Waals surface area contributed by atoms with E-state index in [2.05, 4.69) is 153 Å². The van der Waals surface area contributed by atoms with Crippen molar-refractivity contribution in [2.24, 2.45) is 0 Å². The number of rotatable bonds is 7. The fraction of sp³-hybridized carbons (Fsp3) is 0.0357. The first-order valence-corrected chi connectivity index (χ1v) is 22.9. The molecule has 13 aromatic rings. The molecule has 4 heterocycles. The van der Waals surface area contributed by atoms with E-state index in [1.807, 2.05) is 36.4 Å². The summed E-state index contributed by atoms with van der Waals surface area (Å²) in [5, 5.41) is 8.59. The Morgan fingerprint density at radius 1 is 0.391 bits per heavy atom. The number of aromatic nitrogens is 3. The van der Waals surface area contributed by atoms with Gasteiger partial charge in [-0.15, -0.1) is 0 Å². The highest BCUT2D eigenvalue weighted by atomic mass is 32.2. The lowest BCUT2D eigenvalue weighted by atomic mass is 10.0.